The lowest BCUT2D eigenvalue weighted by Crippen LogP contribution is -2.48. The number of hydrogen-bond acceptors (Lipinski definition) is 5. The van der Waals surface area contributed by atoms with Crippen LogP contribution < -0.4 is 5.32 Å². The number of hydrogen-bond donors (Lipinski definition) is 2. The van der Waals surface area contributed by atoms with Crippen LogP contribution in [-0.4, -0.2) is 60.0 Å². The number of hydroxylamine groups is 2. The molecule has 0 saturated carbocycles. The van der Waals surface area contributed by atoms with Gasteiger partial charge in [0.15, 0.2) is 0 Å². The molecule has 2 heterocycles. The van der Waals surface area contributed by atoms with E-state index in [1.54, 1.807) is 13.0 Å². The first-order valence-electron chi connectivity index (χ1n) is 6.97. The highest BCUT2D eigenvalue weighted by Gasteiger charge is 2.48. The van der Waals surface area contributed by atoms with Gasteiger partial charge in [-0.25, -0.2) is 4.79 Å². The van der Waals surface area contributed by atoms with Crippen LogP contribution in [0, 0.1) is 0 Å². The molecule has 2 bridgehead atoms. The average molecular weight is 333 g/mol. The van der Waals surface area contributed by atoms with Gasteiger partial charge in [0, 0.05) is 6.54 Å². The Kier molecular flexibility index (Phi) is 4.73. The van der Waals surface area contributed by atoms with E-state index < -0.39 is 28.5 Å². The monoisotopic (exact) mass is 333 g/mol. The first-order valence-corrected chi connectivity index (χ1v) is 8.34. The van der Waals surface area contributed by atoms with E-state index in [4.69, 9.17) is 4.55 Å². The molecule has 0 spiro atoms. The second kappa shape index (κ2) is 6.23. The molecule has 0 aromatic heterocycles. The minimum absolute atomic E-state index is 0.128. The van der Waals surface area contributed by atoms with Gasteiger partial charge in [-0.15, -0.1) is 4.28 Å². The number of urea groups is 1. The van der Waals surface area contributed by atoms with E-state index in [0.717, 1.165) is 12.8 Å². The zero-order chi connectivity index (χ0) is 16.5. The van der Waals surface area contributed by atoms with E-state index in [0.29, 0.717) is 17.2 Å². The largest absolute Gasteiger partial charge is 0.418 e. The molecule has 1 saturated heterocycles. The van der Waals surface area contributed by atoms with Gasteiger partial charge < -0.3 is 10.2 Å². The van der Waals surface area contributed by atoms with Crippen LogP contribution in [0.2, 0.25) is 0 Å². The predicted octanol–water partition coefficient (Wildman–Crippen LogP) is 0.0718. The summed E-state index contributed by atoms with van der Waals surface area (Å²) < 4.78 is 34.8. The van der Waals surface area contributed by atoms with Gasteiger partial charge in [-0.1, -0.05) is 19.4 Å². The lowest BCUT2D eigenvalue weighted by Gasteiger charge is -2.27. The van der Waals surface area contributed by atoms with Gasteiger partial charge in [0.1, 0.15) is 12.1 Å². The molecule has 1 fully saturated rings. The lowest BCUT2D eigenvalue weighted by atomic mass is 10.0. The summed E-state index contributed by atoms with van der Waals surface area (Å²) in [5, 5.41) is 3.32. The molecule has 2 atom stereocenters. The number of carbonyl (C=O) groups excluding carboxylic acids is 2. The Balaban J connectivity index is 2.14. The summed E-state index contributed by atoms with van der Waals surface area (Å²) in [4.78, 5) is 25.6. The first-order chi connectivity index (χ1) is 10.2. The Morgan fingerprint density at radius 3 is 2.82 bits per heavy atom. The van der Waals surface area contributed by atoms with Crippen molar-refractivity contribution in [1.29, 1.82) is 0 Å². The topological polar surface area (TPSA) is 116 Å². The number of nitrogens with zero attached hydrogens (tertiary/aromatic N) is 2. The molecule has 0 aromatic rings. The summed E-state index contributed by atoms with van der Waals surface area (Å²) in [7, 11) is -4.81. The first kappa shape index (κ1) is 16.7. The smallest absolute Gasteiger partial charge is 0.354 e. The standard InChI is InChI=1S/C12H19N3O6S/c1-3-4-5-13-11(16)9-6-8(2)10-7-14(9)12(17)15(10)21-22(18,19)20/h6,9-10H,3-5,7H2,1-2H3,(H,13,16)(H,18,19,20)/t9-,10-/m0/s1. The fraction of sp³-hybridized carbons (Fsp3) is 0.667. The van der Waals surface area contributed by atoms with Crippen molar-refractivity contribution >= 4 is 22.3 Å². The van der Waals surface area contributed by atoms with Gasteiger partial charge >= 0.3 is 16.4 Å². The van der Waals surface area contributed by atoms with Crippen molar-refractivity contribution in [3.8, 4) is 0 Å². The van der Waals surface area contributed by atoms with Crippen molar-refractivity contribution in [3.05, 3.63) is 11.6 Å². The van der Waals surface area contributed by atoms with Gasteiger partial charge in [0.05, 0.1) is 6.54 Å². The molecule has 2 aliphatic rings. The number of nitrogens with one attached hydrogen (secondary N) is 1. The molecule has 2 N–H and O–H groups in total. The normalized spacial score (nSPS) is 24.5. The number of fused-ring (bicyclic) bond motifs is 2. The highest BCUT2D eigenvalue weighted by atomic mass is 32.3. The third-order valence-corrected chi connectivity index (χ3v) is 3.99. The second-order valence-corrected chi connectivity index (χ2v) is 6.28. The van der Waals surface area contributed by atoms with Crippen molar-refractivity contribution in [2.24, 2.45) is 0 Å². The second-order valence-electron chi connectivity index (χ2n) is 5.28. The molecule has 0 aliphatic carbocycles. The summed E-state index contributed by atoms with van der Waals surface area (Å²) in [5.74, 6) is -0.326. The minimum atomic E-state index is -4.81. The molecular formula is C12H19N3O6S. The van der Waals surface area contributed by atoms with Gasteiger partial charge in [-0.2, -0.15) is 13.5 Å². The number of rotatable bonds is 6. The van der Waals surface area contributed by atoms with Crippen LogP contribution in [-0.2, 0) is 19.5 Å². The third-order valence-electron chi connectivity index (χ3n) is 3.64. The van der Waals surface area contributed by atoms with Crippen molar-refractivity contribution < 1.29 is 26.8 Å². The Labute approximate surface area is 128 Å². The summed E-state index contributed by atoms with van der Waals surface area (Å²) in [6, 6.07) is -2.23. The average Bonchev–Trinajstić information content (AvgIpc) is 2.68. The SMILES string of the molecule is CCCCNC(=O)[C@@H]1C=C(C)[C@@H]2CN1C(=O)N2OS(=O)(=O)O. The molecule has 0 aromatic carbocycles. The van der Waals surface area contributed by atoms with Crippen LogP contribution in [0.15, 0.2) is 11.6 Å². The van der Waals surface area contributed by atoms with Gasteiger partial charge in [-0.3, -0.25) is 9.35 Å². The fourth-order valence-corrected chi connectivity index (χ4v) is 2.88. The van der Waals surface area contributed by atoms with Crippen LogP contribution >= 0.6 is 0 Å². The number of amides is 3. The summed E-state index contributed by atoms with van der Waals surface area (Å²) in [6.07, 6.45) is 3.36. The number of carbonyl (C=O) groups is 2. The highest BCUT2D eigenvalue weighted by molar-refractivity contribution is 7.80. The van der Waals surface area contributed by atoms with Crippen LogP contribution in [0.5, 0.6) is 0 Å². The fourth-order valence-electron chi connectivity index (χ4n) is 2.51. The maximum absolute atomic E-state index is 12.2. The Bertz CT molecular complexity index is 602. The molecular weight excluding hydrogens is 314 g/mol. The van der Waals surface area contributed by atoms with Crippen molar-refractivity contribution in [2.45, 2.75) is 38.8 Å². The van der Waals surface area contributed by atoms with Gasteiger partial charge in [0.25, 0.3) is 0 Å². The zero-order valence-electron chi connectivity index (χ0n) is 12.4. The Hall–Kier alpha value is -1.65. The summed E-state index contributed by atoms with van der Waals surface area (Å²) >= 11 is 0. The maximum Gasteiger partial charge on any atom is 0.418 e. The molecule has 0 unspecified atom stereocenters. The maximum atomic E-state index is 12.2. The van der Waals surface area contributed by atoms with Gasteiger partial charge in [0.2, 0.25) is 5.91 Å². The van der Waals surface area contributed by atoms with Crippen molar-refractivity contribution in [1.82, 2.24) is 15.3 Å². The quantitative estimate of drug-likeness (QED) is 0.404. The van der Waals surface area contributed by atoms with Crippen LogP contribution in [0.4, 0.5) is 4.79 Å². The molecule has 9 nitrogen and oxygen atoms in total. The molecule has 124 valence electrons. The molecule has 10 heteroatoms. The van der Waals surface area contributed by atoms with E-state index in [2.05, 4.69) is 9.60 Å². The summed E-state index contributed by atoms with van der Waals surface area (Å²) in [5.41, 5.74) is 0.626. The van der Waals surface area contributed by atoms with Crippen LogP contribution in [0.25, 0.3) is 0 Å². The minimum Gasteiger partial charge on any atom is -0.354 e. The van der Waals surface area contributed by atoms with E-state index in [9.17, 15) is 18.0 Å². The van der Waals surface area contributed by atoms with E-state index in [-0.39, 0.29) is 12.5 Å². The number of unbranched alkanes of at least 4 members (excludes halogenated alkanes) is 1. The van der Waals surface area contributed by atoms with Gasteiger partial charge in [-0.05, 0) is 18.9 Å². The predicted molar refractivity (Wildman–Crippen MR) is 75.8 cm³/mol. The van der Waals surface area contributed by atoms with Crippen LogP contribution in [0.3, 0.4) is 0 Å². The van der Waals surface area contributed by atoms with Crippen molar-refractivity contribution in [2.75, 3.05) is 13.1 Å². The third kappa shape index (κ3) is 3.39. The molecule has 2 rings (SSSR count). The lowest BCUT2D eigenvalue weighted by molar-refractivity contribution is -0.124. The Morgan fingerprint density at radius 1 is 1.55 bits per heavy atom. The Morgan fingerprint density at radius 2 is 2.23 bits per heavy atom. The van der Waals surface area contributed by atoms with E-state index in [1.165, 1.54) is 4.90 Å². The van der Waals surface area contributed by atoms with E-state index in [1.807, 2.05) is 6.92 Å². The van der Waals surface area contributed by atoms with E-state index >= 15 is 0 Å². The zero-order valence-corrected chi connectivity index (χ0v) is 13.2. The van der Waals surface area contributed by atoms with Crippen molar-refractivity contribution in [3.63, 3.8) is 0 Å². The molecule has 3 amide bonds. The molecule has 2 aliphatic heterocycles. The highest BCUT2D eigenvalue weighted by Crippen LogP contribution is 2.30. The summed E-state index contributed by atoms with van der Waals surface area (Å²) in [6.45, 7) is 4.31. The van der Waals surface area contributed by atoms with Crippen LogP contribution in [0.1, 0.15) is 26.7 Å². The molecule has 22 heavy (non-hydrogen) atoms. The molecule has 0 radical (unpaired) electrons.